The fourth-order valence-corrected chi connectivity index (χ4v) is 3.69. The normalized spacial score (nSPS) is 13.7. The molecule has 0 atom stereocenters. The van der Waals surface area contributed by atoms with Crippen molar-refractivity contribution in [2.24, 2.45) is 0 Å². The summed E-state index contributed by atoms with van der Waals surface area (Å²) in [7, 11) is 0. The van der Waals surface area contributed by atoms with Gasteiger partial charge in [-0.3, -0.25) is 0 Å². The van der Waals surface area contributed by atoms with Crippen molar-refractivity contribution in [3.63, 3.8) is 0 Å². The van der Waals surface area contributed by atoms with Crippen molar-refractivity contribution in [3.05, 3.63) is 60.5 Å². The van der Waals surface area contributed by atoms with Gasteiger partial charge in [0, 0.05) is 36.2 Å². The van der Waals surface area contributed by atoms with Crippen LogP contribution in [-0.4, -0.2) is 48.6 Å². The van der Waals surface area contributed by atoms with E-state index >= 15 is 0 Å². The monoisotopic (exact) mass is 439 g/mol. The summed E-state index contributed by atoms with van der Waals surface area (Å²) >= 11 is 1.62. The average Bonchev–Trinajstić information content (AvgIpc) is 2.81. The molecule has 1 aromatic heterocycles. The second-order valence-corrected chi connectivity index (χ2v) is 7.70. The van der Waals surface area contributed by atoms with E-state index in [-0.39, 0.29) is 5.82 Å². The van der Waals surface area contributed by atoms with Crippen molar-refractivity contribution in [1.29, 1.82) is 0 Å². The van der Waals surface area contributed by atoms with Crippen molar-refractivity contribution in [2.75, 3.05) is 48.1 Å². The molecule has 1 aliphatic rings. The van der Waals surface area contributed by atoms with Crippen LogP contribution in [0.5, 0.6) is 0 Å². The molecule has 0 aliphatic carbocycles. The van der Waals surface area contributed by atoms with Gasteiger partial charge in [0.1, 0.15) is 11.6 Å². The summed E-state index contributed by atoms with van der Waals surface area (Å²) in [5.74, 6) is 1.19. The zero-order chi connectivity index (χ0) is 21.6. The summed E-state index contributed by atoms with van der Waals surface area (Å²) in [4.78, 5) is 24.7. The number of morpholine rings is 1. The number of hydrogen-bond acceptors (Lipinski definition) is 6. The summed E-state index contributed by atoms with van der Waals surface area (Å²) in [5.41, 5.74) is 1.98. The number of amides is 2. The number of thioether (sulfide) groups is 1. The Morgan fingerprint density at radius 3 is 2.26 bits per heavy atom. The second-order valence-electron chi connectivity index (χ2n) is 6.85. The third kappa shape index (κ3) is 5.31. The van der Waals surface area contributed by atoms with Crippen LogP contribution < -0.4 is 15.5 Å². The van der Waals surface area contributed by atoms with Gasteiger partial charge in [-0.1, -0.05) is 0 Å². The van der Waals surface area contributed by atoms with Gasteiger partial charge in [0.25, 0.3) is 0 Å². The van der Waals surface area contributed by atoms with Crippen LogP contribution in [0, 0.1) is 5.82 Å². The number of aromatic nitrogens is 2. The molecule has 2 aromatic carbocycles. The fraction of sp³-hybridized carbons (Fsp3) is 0.227. The molecule has 2 N–H and O–H groups in total. The van der Waals surface area contributed by atoms with Gasteiger partial charge in [0.15, 0.2) is 5.82 Å². The molecule has 1 aliphatic heterocycles. The SMILES string of the molecule is CSc1cnc(-c2ccc(NC(=O)Nc3ccc(F)cc3)cc2)nc1N1CCOCC1. The molecule has 0 radical (unpaired) electrons. The van der Waals surface area contributed by atoms with Crippen LogP contribution in [-0.2, 0) is 4.74 Å². The number of benzene rings is 2. The van der Waals surface area contributed by atoms with E-state index in [9.17, 15) is 9.18 Å². The molecule has 1 saturated heterocycles. The molecule has 0 saturated carbocycles. The molecule has 0 unspecified atom stereocenters. The van der Waals surface area contributed by atoms with E-state index in [1.807, 2.05) is 24.6 Å². The number of ether oxygens (including phenoxy) is 1. The van der Waals surface area contributed by atoms with E-state index in [0.717, 1.165) is 29.4 Å². The maximum Gasteiger partial charge on any atom is 0.323 e. The van der Waals surface area contributed by atoms with Gasteiger partial charge < -0.3 is 20.3 Å². The van der Waals surface area contributed by atoms with Gasteiger partial charge in [-0.05, 0) is 54.8 Å². The summed E-state index contributed by atoms with van der Waals surface area (Å²) < 4.78 is 18.4. The zero-order valence-electron chi connectivity index (χ0n) is 17.0. The Balaban J connectivity index is 1.46. The van der Waals surface area contributed by atoms with E-state index in [1.54, 1.807) is 23.9 Å². The highest BCUT2D eigenvalue weighted by Crippen LogP contribution is 2.29. The molecule has 1 fully saturated rings. The first-order chi connectivity index (χ1) is 15.1. The highest BCUT2D eigenvalue weighted by molar-refractivity contribution is 7.98. The molecular formula is C22H22FN5O2S. The molecule has 9 heteroatoms. The van der Waals surface area contributed by atoms with Gasteiger partial charge in [0.05, 0.1) is 18.1 Å². The molecule has 0 spiro atoms. The van der Waals surface area contributed by atoms with Gasteiger partial charge in [-0.15, -0.1) is 11.8 Å². The van der Waals surface area contributed by atoms with Crippen LogP contribution in [0.25, 0.3) is 11.4 Å². The Morgan fingerprint density at radius 2 is 1.65 bits per heavy atom. The smallest absolute Gasteiger partial charge is 0.323 e. The van der Waals surface area contributed by atoms with Crippen molar-refractivity contribution < 1.29 is 13.9 Å². The number of nitrogens with one attached hydrogen (secondary N) is 2. The first-order valence-electron chi connectivity index (χ1n) is 9.80. The number of halogens is 1. The van der Waals surface area contributed by atoms with Crippen LogP contribution >= 0.6 is 11.8 Å². The minimum atomic E-state index is -0.408. The Bertz CT molecular complexity index is 1040. The number of carbonyl (C=O) groups is 1. The molecule has 3 aromatic rings. The molecule has 0 bridgehead atoms. The quantitative estimate of drug-likeness (QED) is 0.571. The molecular weight excluding hydrogens is 417 g/mol. The van der Waals surface area contributed by atoms with E-state index in [1.165, 1.54) is 24.3 Å². The maximum absolute atomic E-state index is 13.0. The van der Waals surface area contributed by atoms with Crippen molar-refractivity contribution in [1.82, 2.24) is 9.97 Å². The Labute approximate surface area is 184 Å². The number of rotatable bonds is 5. The first kappa shape index (κ1) is 21.1. The first-order valence-corrected chi connectivity index (χ1v) is 11.0. The van der Waals surface area contributed by atoms with Gasteiger partial charge in [-0.2, -0.15) is 0 Å². The molecule has 7 nitrogen and oxygen atoms in total. The minimum absolute atomic E-state index is 0.355. The summed E-state index contributed by atoms with van der Waals surface area (Å²) in [6, 6.07) is 12.5. The minimum Gasteiger partial charge on any atom is -0.378 e. The van der Waals surface area contributed by atoms with Gasteiger partial charge in [-0.25, -0.2) is 19.2 Å². The highest BCUT2D eigenvalue weighted by Gasteiger charge is 2.18. The standard InChI is InChI=1S/C22H22FN5O2S/c1-31-19-14-24-20(27-21(19)28-10-12-30-13-11-28)15-2-6-17(7-3-15)25-22(29)26-18-8-4-16(23)5-9-18/h2-9,14H,10-13H2,1H3,(H2,25,26,29). The highest BCUT2D eigenvalue weighted by atomic mass is 32.2. The number of carbonyl (C=O) groups excluding carboxylic acids is 1. The third-order valence-electron chi connectivity index (χ3n) is 4.77. The maximum atomic E-state index is 13.0. The number of nitrogens with zero attached hydrogens (tertiary/aromatic N) is 3. The van der Waals surface area contributed by atoms with Crippen molar-refractivity contribution in [3.8, 4) is 11.4 Å². The molecule has 2 amide bonds. The van der Waals surface area contributed by atoms with Crippen LogP contribution in [0.4, 0.5) is 26.4 Å². The lowest BCUT2D eigenvalue weighted by molar-refractivity contribution is 0.122. The Hall–Kier alpha value is -3.17. The molecule has 4 rings (SSSR count). The molecule has 160 valence electrons. The predicted octanol–water partition coefficient (Wildman–Crippen LogP) is 4.49. The third-order valence-corrected chi connectivity index (χ3v) is 5.50. The average molecular weight is 440 g/mol. The van der Waals surface area contributed by atoms with Gasteiger partial charge >= 0.3 is 6.03 Å². The Kier molecular flexibility index (Phi) is 6.63. The topological polar surface area (TPSA) is 79.4 Å². The van der Waals surface area contributed by atoms with Crippen LogP contribution in [0.2, 0.25) is 0 Å². The Morgan fingerprint density at radius 1 is 1.03 bits per heavy atom. The largest absolute Gasteiger partial charge is 0.378 e. The summed E-state index contributed by atoms with van der Waals surface area (Å²) in [6.45, 7) is 2.98. The van der Waals surface area contributed by atoms with Crippen LogP contribution in [0.3, 0.4) is 0 Å². The fourth-order valence-electron chi connectivity index (χ4n) is 3.18. The number of anilines is 3. The van der Waals surface area contributed by atoms with E-state index in [0.29, 0.717) is 30.4 Å². The van der Waals surface area contributed by atoms with Crippen LogP contribution in [0.1, 0.15) is 0 Å². The van der Waals surface area contributed by atoms with Gasteiger partial charge in [0.2, 0.25) is 0 Å². The van der Waals surface area contributed by atoms with Crippen molar-refractivity contribution >= 4 is 35.0 Å². The van der Waals surface area contributed by atoms with Crippen molar-refractivity contribution in [2.45, 2.75) is 4.90 Å². The lowest BCUT2D eigenvalue weighted by Crippen LogP contribution is -2.37. The van der Waals surface area contributed by atoms with Crippen LogP contribution in [0.15, 0.2) is 59.6 Å². The van der Waals surface area contributed by atoms with E-state index < -0.39 is 6.03 Å². The number of hydrogen-bond donors (Lipinski definition) is 2. The predicted molar refractivity (Wildman–Crippen MR) is 121 cm³/mol. The summed E-state index contributed by atoms with van der Waals surface area (Å²) in [6.07, 6.45) is 3.86. The molecule has 2 heterocycles. The lowest BCUT2D eigenvalue weighted by atomic mass is 10.2. The summed E-state index contributed by atoms with van der Waals surface area (Å²) in [5, 5.41) is 5.42. The van der Waals surface area contributed by atoms with E-state index in [4.69, 9.17) is 9.72 Å². The zero-order valence-corrected chi connectivity index (χ0v) is 17.8. The second kappa shape index (κ2) is 9.76. The molecule has 31 heavy (non-hydrogen) atoms. The van der Waals surface area contributed by atoms with E-state index in [2.05, 4.69) is 20.5 Å². The number of urea groups is 1. The lowest BCUT2D eigenvalue weighted by Gasteiger charge is -2.29.